The van der Waals surface area contributed by atoms with Crippen LogP contribution in [0.3, 0.4) is 0 Å². The van der Waals surface area contributed by atoms with Crippen molar-refractivity contribution in [2.24, 2.45) is 5.92 Å². The Hall–Kier alpha value is -1.94. The van der Waals surface area contributed by atoms with E-state index in [0.717, 1.165) is 50.9 Å². The number of para-hydroxylation sites is 1. The maximum atomic E-state index is 13.5. The SMILES string of the molecule is CC.CS.Cc1ccc(C2(C(=O)N3CCC[C@@H](COc4ccccc4)C3)CCC2)cc1. The predicted molar refractivity (Wildman–Crippen MR) is 134 cm³/mol. The fraction of sp³-hybridized carbons (Fsp3) is 0.519. The van der Waals surface area contributed by atoms with Gasteiger partial charge in [0.15, 0.2) is 0 Å². The first-order valence-corrected chi connectivity index (χ1v) is 12.6. The first-order valence-electron chi connectivity index (χ1n) is 11.7. The van der Waals surface area contributed by atoms with E-state index in [1.54, 1.807) is 6.26 Å². The van der Waals surface area contributed by atoms with Crippen molar-refractivity contribution < 1.29 is 9.53 Å². The summed E-state index contributed by atoms with van der Waals surface area (Å²) >= 11 is 3.53. The van der Waals surface area contributed by atoms with Crippen molar-refractivity contribution in [1.29, 1.82) is 0 Å². The summed E-state index contributed by atoms with van der Waals surface area (Å²) < 4.78 is 5.96. The third-order valence-corrected chi connectivity index (χ3v) is 6.26. The number of thiol groups is 1. The maximum Gasteiger partial charge on any atom is 0.233 e. The zero-order valence-corrected chi connectivity index (χ0v) is 20.5. The van der Waals surface area contributed by atoms with Crippen LogP contribution >= 0.6 is 12.6 Å². The molecule has 0 N–H and O–H groups in total. The molecule has 0 bridgehead atoms. The van der Waals surface area contributed by atoms with Crippen molar-refractivity contribution in [3.05, 3.63) is 65.7 Å². The predicted octanol–water partition coefficient (Wildman–Crippen LogP) is 6.31. The Morgan fingerprint density at radius 1 is 1.03 bits per heavy atom. The van der Waals surface area contributed by atoms with Crippen LogP contribution in [-0.4, -0.2) is 36.8 Å². The van der Waals surface area contributed by atoms with Crippen LogP contribution in [-0.2, 0) is 10.2 Å². The van der Waals surface area contributed by atoms with Crippen LogP contribution in [0.2, 0.25) is 0 Å². The molecule has 0 spiro atoms. The van der Waals surface area contributed by atoms with Crippen LogP contribution in [0, 0.1) is 12.8 Å². The van der Waals surface area contributed by atoms with Crippen LogP contribution in [0.1, 0.15) is 57.1 Å². The second-order valence-electron chi connectivity index (χ2n) is 8.19. The lowest BCUT2D eigenvalue weighted by atomic mass is 9.63. The average Bonchev–Trinajstić information content (AvgIpc) is 2.82. The van der Waals surface area contributed by atoms with Gasteiger partial charge >= 0.3 is 0 Å². The number of piperidine rings is 1. The zero-order chi connectivity index (χ0) is 22.7. The molecule has 0 unspecified atom stereocenters. The van der Waals surface area contributed by atoms with Crippen LogP contribution < -0.4 is 4.74 Å². The molecule has 0 aromatic heterocycles. The second-order valence-corrected chi connectivity index (χ2v) is 8.19. The van der Waals surface area contributed by atoms with Crippen LogP contribution in [0.25, 0.3) is 0 Å². The highest BCUT2D eigenvalue weighted by molar-refractivity contribution is 7.79. The van der Waals surface area contributed by atoms with E-state index >= 15 is 0 Å². The Labute approximate surface area is 194 Å². The molecule has 2 aliphatic rings. The monoisotopic (exact) mass is 441 g/mol. The number of rotatable bonds is 5. The van der Waals surface area contributed by atoms with E-state index in [2.05, 4.69) is 48.7 Å². The van der Waals surface area contributed by atoms with Crippen molar-refractivity contribution in [3.8, 4) is 5.75 Å². The van der Waals surface area contributed by atoms with Gasteiger partial charge in [0.1, 0.15) is 5.75 Å². The fourth-order valence-corrected chi connectivity index (χ4v) is 4.45. The molecule has 1 atom stereocenters. The summed E-state index contributed by atoms with van der Waals surface area (Å²) in [5, 5.41) is 0. The van der Waals surface area contributed by atoms with Gasteiger partial charge in [0.25, 0.3) is 0 Å². The Kier molecular flexibility index (Phi) is 10.5. The molecule has 1 amide bonds. The highest BCUT2D eigenvalue weighted by atomic mass is 32.1. The first kappa shape index (κ1) is 25.3. The smallest absolute Gasteiger partial charge is 0.233 e. The molecule has 4 rings (SSSR count). The molecule has 1 aliphatic heterocycles. The van der Waals surface area contributed by atoms with Gasteiger partial charge in [-0.15, -0.1) is 0 Å². The summed E-state index contributed by atoms with van der Waals surface area (Å²) in [5.41, 5.74) is 2.17. The maximum absolute atomic E-state index is 13.5. The van der Waals surface area contributed by atoms with Gasteiger partial charge in [-0.05, 0) is 56.6 Å². The van der Waals surface area contributed by atoms with Crippen molar-refractivity contribution in [2.75, 3.05) is 26.0 Å². The minimum atomic E-state index is -0.282. The standard InChI is InChI=1S/C24H29NO2.C2H6.CH4S/c1-19-10-12-21(13-11-19)24(14-6-15-24)23(26)25-16-5-7-20(17-25)18-27-22-8-3-2-4-9-22;2*1-2/h2-4,8-13,20H,5-7,14-18H2,1H3;1-2H3;2H,1H3/t20-;;/m1../s1. The van der Waals surface area contributed by atoms with Crippen molar-refractivity contribution in [1.82, 2.24) is 4.90 Å². The van der Waals surface area contributed by atoms with Gasteiger partial charge < -0.3 is 9.64 Å². The Morgan fingerprint density at radius 2 is 1.68 bits per heavy atom. The summed E-state index contributed by atoms with van der Waals surface area (Å²) in [6.45, 7) is 8.49. The lowest BCUT2D eigenvalue weighted by molar-refractivity contribution is -0.143. The van der Waals surface area contributed by atoms with Gasteiger partial charge in [0, 0.05) is 19.0 Å². The van der Waals surface area contributed by atoms with Crippen molar-refractivity contribution in [2.45, 2.75) is 58.3 Å². The van der Waals surface area contributed by atoms with E-state index < -0.39 is 0 Å². The van der Waals surface area contributed by atoms with E-state index in [1.807, 2.05) is 44.2 Å². The molecule has 4 heteroatoms. The summed E-state index contributed by atoms with van der Waals surface area (Å²) in [4.78, 5) is 15.6. The van der Waals surface area contributed by atoms with E-state index in [0.29, 0.717) is 18.4 Å². The second kappa shape index (κ2) is 12.8. The minimum Gasteiger partial charge on any atom is -0.493 e. The normalized spacial score (nSPS) is 19.0. The molecule has 1 saturated heterocycles. The van der Waals surface area contributed by atoms with Crippen molar-refractivity contribution >= 4 is 18.5 Å². The summed E-state index contributed by atoms with van der Waals surface area (Å²) in [5.74, 6) is 1.66. The molecule has 1 saturated carbocycles. The van der Waals surface area contributed by atoms with Crippen LogP contribution in [0.4, 0.5) is 0 Å². The number of carbonyl (C=O) groups excluding carboxylic acids is 1. The molecular weight excluding hydrogens is 402 g/mol. The van der Waals surface area contributed by atoms with Gasteiger partial charge in [0.2, 0.25) is 5.91 Å². The third-order valence-electron chi connectivity index (χ3n) is 6.26. The van der Waals surface area contributed by atoms with Crippen LogP contribution in [0.15, 0.2) is 54.6 Å². The van der Waals surface area contributed by atoms with E-state index in [4.69, 9.17) is 4.74 Å². The van der Waals surface area contributed by atoms with Gasteiger partial charge in [-0.1, -0.05) is 68.3 Å². The van der Waals surface area contributed by atoms with Crippen LogP contribution in [0.5, 0.6) is 5.75 Å². The van der Waals surface area contributed by atoms with E-state index in [9.17, 15) is 4.79 Å². The lowest BCUT2D eigenvalue weighted by Crippen LogP contribution is -2.54. The quantitative estimate of drug-likeness (QED) is 0.551. The topological polar surface area (TPSA) is 29.5 Å². The average molecular weight is 442 g/mol. The number of ether oxygens (including phenoxy) is 1. The van der Waals surface area contributed by atoms with E-state index in [-0.39, 0.29) is 5.41 Å². The number of benzene rings is 2. The molecule has 31 heavy (non-hydrogen) atoms. The van der Waals surface area contributed by atoms with E-state index in [1.165, 1.54) is 11.1 Å². The number of aryl methyl sites for hydroxylation is 1. The fourth-order valence-electron chi connectivity index (χ4n) is 4.45. The molecule has 2 fully saturated rings. The molecule has 0 radical (unpaired) electrons. The number of nitrogens with zero attached hydrogens (tertiary/aromatic N) is 1. The highest BCUT2D eigenvalue weighted by Crippen LogP contribution is 2.45. The van der Waals surface area contributed by atoms with Gasteiger partial charge in [0.05, 0.1) is 12.0 Å². The number of likely N-dealkylation sites (tertiary alicyclic amines) is 1. The Balaban J connectivity index is 0.000000807. The van der Waals surface area contributed by atoms with Gasteiger partial charge in [-0.25, -0.2) is 0 Å². The number of hydrogen-bond donors (Lipinski definition) is 1. The molecule has 170 valence electrons. The third kappa shape index (κ3) is 6.29. The zero-order valence-electron chi connectivity index (χ0n) is 19.6. The molecule has 1 heterocycles. The Bertz CT molecular complexity index is 772. The summed E-state index contributed by atoms with van der Waals surface area (Å²) in [6, 6.07) is 18.6. The molecular formula is C27H39NO2S. The molecule has 1 aliphatic carbocycles. The molecule has 3 nitrogen and oxygen atoms in total. The number of carbonyl (C=O) groups is 1. The molecule has 2 aromatic rings. The number of amides is 1. The largest absolute Gasteiger partial charge is 0.493 e. The highest BCUT2D eigenvalue weighted by Gasteiger charge is 2.48. The Morgan fingerprint density at radius 3 is 2.26 bits per heavy atom. The molecule has 2 aromatic carbocycles. The first-order chi connectivity index (χ1) is 15.2. The summed E-state index contributed by atoms with van der Waals surface area (Å²) in [7, 11) is 0. The lowest BCUT2D eigenvalue weighted by Gasteiger charge is -2.46. The minimum absolute atomic E-state index is 0.282. The van der Waals surface area contributed by atoms with Crippen molar-refractivity contribution in [3.63, 3.8) is 0 Å². The number of hydrogen-bond acceptors (Lipinski definition) is 3. The van der Waals surface area contributed by atoms with Gasteiger partial charge in [-0.3, -0.25) is 4.79 Å². The van der Waals surface area contributed by atoms with Gasteiger partial charge in [-0.2, -0.15) is 12.6 Å². The summed E-state index contributed by atoms with van der Waals surface area (Å²) in [6.07, 6.45) is 7.01.